The molecular weight excluding hydrogens is 259 g/mol. The molecule has 6 heteroatoms. The maximum Gasteiger partial charge on any atom is 0.418 e. The first-order chi connectivity index (χ1) is 8.82. The molecule has 2 rings (SSSR count). The van der Waals surface area contributed by atoms with E-state index in [1.54, 1.807) is 19.9 Å². The van der Waals surface area contributed by atoms with Gasteiger partial charge in [-0.25, -0.2) is 0 Å². The Morgan fingerprint density at radius 1 is 1.37 bits per heavy atom. The Morgan fingerprint density at radius 2 is 2.05 bits per heavy atom. The van der Waals surface area contributed by atoms with Gasteiger partial charge in [0.05, 0.1) is 11.1 Å². The van der Waals surface area contributed by atoms with Gasteiger partial charge in [-0.15, -0.1) is 0 Å². The molecule has 1 heterocycles. The Morgan fingerprint density at radius 3 is 2.63 bits per heavy atom. The highest BCUT2D eigenvalue weighted by atomic mass is 19.4. The van der Waals surface area contributed by atoms with Crippen molar-refractivity contribution < 1.29 is 22.7 Å². The summed E-state index contributed by atoms with van der Waals surface area (Å²) < 4.78 is 43.7. The Balaban J connectivity index is 2.60. The van der Waals surface area contributed by atoms with E-state index in [-0.39, 0.29) is 23.1 Å². The molecule has 102 valence electrons. The molecule has 0 fully saturated rings. The molecule has 19 heavy (non-hydrogen) atoms. The highest BCUT2D eigenvalue weighted by Gasteiger charge is 2.34. The van der Waals surface area contributed by atoms with Crippen molar-refractivity contribution >= 4 is 16.9 Å². The molecule has 0 atom stereocenters. The molecule has 0 bridgehead atoms. The number of nitrogens with one attached hydrogen (secondary N) is 1. The smallest absolute Gasteiger partial charge is 0.418 e. The number of aromatic amines is 1. The standard InChI is InChI=1S/C13H12F3NO2/c1-3-11(18)19-10-6-17-12-8(10)4-7(2)5-9(12)13(14,15)16/h4-6,17H,3H2,1-2H3. The van der Waals surface area contributed by atoms with E-state index >= 15 is 0 Å². The van der Waals surface area contributed by atoms with Crippen molar-refractivity contribution in [2.24, 2.45) is 0 Å². The van der Waals surface area contributed by atoms with Gasteiger partial charge in [0.2, 0.25) is 0 Å². The van der Waals surface area contributed by atoms with Gasteiger partial charge in [-0.1, -0.05) is 6.92 Å². The molecule has 3 nitrogen and oxygen atoms in total. The predicted molar refractivity (Wildman–Crippen MR) is 64.0 cm³/mol. The second kappa shape index (κ2) is 4.60. The first-order valence-corrected chi connectivity index (χ1v) is 5.72. The largest absolute Gasteiger partial charge is 0.424 e. The van der Waals surface area contributed by atoms with Gasteiger partial charge in [0.15, 0.2) is 5.75 Å². The van der Waals surface area contributed by atoms with Gasteiger partial charge in [-0.2, -0.15) is 13.2 Å². The Kier molecular flexibility index (Phi) is 3.26. The average molecular weight is 271 g/mol. The van der Waals surface area contributed by atoms with Crippen molar-refractivity contribution in [1.82, 2.24) is 4.98 Å². The van der Waals surface area contributed by atoms with Crippen molar-refractivity contribution in [2.75, 3.05) is 0 Å². The minimum atomic E-state index is -4.46. The van der Waals surface area contributed by atoms with Crippen LogP contribution < -0.4 is 4.74 Å². The Bertz CT molecular complexity index is 629. The molecule has 1 N–H and O–H groups in total. The van der Waals surface area contributed by atoms with Crippen LogP contribution in [0.2, 0.25) is 0 Å². The number of esters is 1. The summed E-state index contributed by atoms with van der Waals surface area (Å²) in [5, 5.41) is 0.258. The summed E-state index contributed by atoms with van der Waals surface area (Å²) >= 11 is 0. The number of H-pyrrole nitrogens is 1. The molecule has 0 aliphatic rings. The summed E-state index contributed by atoms with van der Waals surface area (Å²) in [6, 6.07) is 2.61. The number of hydrogen-bond donors (Lipinski definition) is 1. The molecule has 0 saturated carbocycles. The fraction of sp³-hybridized carbons (Fsp3) is 0.308. The third-order valence-corrected chi connectivity index (χ3v) is 2.71. The summed E-state index contributed by atoms with van der Waals surface area (Å²) in [5.41, 5.74) is -0.383. The third-order valence-electron chi connectivity index (χ3n) is 2.71. The van der Waals surface area contributed by atoms with Crippen LogP contribution in [0.3, 0.4) is 0 Å². The summed E-state index contributed by atoms with van der Waals surface area (Å²) in [6.07, 6.45) is -3.03. The van der Waals surface area contributed by atoms with E-state index in [2.05, 4.69) is 4.98 Å². The number of carbonyl (C=O) groups excluding carboxylic acids is 1. The number of rotatable bonds is 2. The van der Waals surface area contributed by atoms with Gasteiger partial charge in [0, 0.05) is 18.0 Å². The monoisotopic (exact) mass is 271 g/mol. The fourth-order valence-electron chi connectivity index (χ4n) is 1.85. The Labute approximate surface area is 107 Å². The molecule has 0 saturated heterocycles. The number of alkyl halides is 3. The second-order valence-corrected chi connectivity index (χ2v) is 4.21. The quantitative estimate of drug-likeness (QED) is 0.844. The van der Waals surface area contributed by atoms with E-state index in [9.17, 15) is 18.0 Å². The minimum absolute atomic E-state index is 0.0722. The number of aryl methyl sites for hydroxylation is 1. The van der Waals surface area contributed by atoms with Crippen LogP contribution in [-0.2, 0) is 11.0 Å². The first kappa shape index (κ1) is 13.5. The fourth-order valence-corrected chi connectivity index (χ4v) is 1.85. The van der Waals surface area contributed by atoms with Gasteiger partial charge < -0.3 is 9.72 Å². The number of fused-ring (bicyclic) bond motifs is 1. The zero-order valence-corrected chi connectivity index (χ0v) is 10.4. The molecule has 0 unspecified atom stereocenters. The van der Waals surface area contributed by atoms with E-state index in [4.69, 9.17) is 4.74 Å². The maximum absolute atomic E-state index is 12.9. The SMILES string of the molecule is CCC(=O)Oc1c[nH]c2c(C(F)(F)F)cc(C)cc12. The normalized spacial score (nSPS) is 11.8. The van der Waals surface area contributed by atoms with E-state index < -0.39 is 17.7 Å². The number of aromatic nitrogens is 1. The zero-order chi connectivity index (χ0) is 14.2. The number of carbonyl (C=O) groups is 1. The molecule has 0 amide bonds. The van der Waals surface area contributed by atoms with E-state index in [0.29, 0.717) is 5.56 Å². The molecular formula is C13H12F3NO2. The molecule has 0 aliphatic heterocycles. The van der Waals surface area contributed by atoms with Gasteiger partial charge in [0.25, 0.3) is 0 Å². The summed E-state index contributed by atoms with van der Waals surface area (Å²) in [7, 11) is 0. The maximum atomic E-state index is 12.9. The summed E-state index contributed by atoms with van der Waals surface area (Å²) in [5.74, 6) is -0.369. The lowest BCUT2D eigenvalue weighted by atomic mass is 10.1. The topological polar surface area (TPSA) is 42.1 Å². The molecule has 0 radical (unpaired) electrons. The number of ether oxygens (including phenoxy) is 1. The van der Waals surface area contributed by atoms with Gasteiger partial charge >= 0.3 is 12.1 Å². The predicted octanol–water partition coefficient (Wildman–Crippen LogP) is 3.81. The van der Waals surface area contributed by atoms with Crippen LogP contribution in [0.15, 0.2) is 18.3 Å². The van der Waals surface area contributed by atoms with E-state index in [1.807, 2.05) is 0 Å². The van der Waals surface area contributed by atoms with Crippen LogP contribution in [-0.4, -0.2) is 11.0 Å². The molecule has 2 aromatic rings. The second-order valence-electron chi connectivity index (χ2n) is 4.21. The van der Waals surface area contributed by atoms with Crippen molar-refractivity contribution in [3.63, 3.8) is 0 Å². The summed E-state index contributed by atoms with van der Waals surface area (Å²) in [4.78, 5) is 13.8. The lowest BCUT2D eigenvalue weighted by Gasteiger charge is -2.09. The van der Waals surface area contributed by atoms with Crippen molar-refractivity contribution in [1.29, 1.82) is 0 Å². The minimum Gasteiger partial charge on any atom is -0.424 e. The lowest BCUT2D eigenvalue weighted by Crippen LogP contribution is -2.07. The van der Waals surface area contributed by atoms with Crippen LogP contribution >= 0.6 is 0 Å². The van der Waals surface area contributed by atoms with Crippen LogP contribution in [0.4, 0.5) is 13.2 Å². The summed E-state index contributed by atoms with van der Waals surface area (Å²) in [6.45, 7) is 3.18. The van der Waals surface area contributed by atoms with Gasteiger partial charge in [0.1, 0.15) is 0 Å². The van der Waals surface area contributed by atoms with E-state index in [1.165, 1.54) is 6.20 Å². The van der Waals surface area contributed by atoms with Gasteiger partial charge in [-0.3, -0.25) is 4.79 Å². The highest BCUT2D eigenvalue weighted by Crippen LogP contribution is 2.38. The van der Waals surface area contributed by atoms with Gasteiger partial charge in [-0.05, 0) is 24.6 Å². The van der Waals surface area contributed by atoms with Crippen molar-refractivity contribution in [3.8, 4) is 5.75 Å². The molecule has 0 aliphatic carbocycles. The Hall–Kier alpha value is -1.98. The molecule has 0 spiro atoms. The van der Waals surface area contributed by atoms with Crippen molar-refractivity contribution in [3.05, 3.63) is 29.5 Å². The van der Waals surface area contributed by atoms with Crippen LogP contribution in [0, 0.1) is 6.92 Å². The average Bonchev–Trinajstić information content (AvgIpc) is 2.70. The third kappa shape index (κ3) is 2.57. The van der Waals surface area contributed by atoms with Crippen LogP contribution in [0.5, 0.6) is 5.75 Å². The molecule has 1 aromatic carbocycles. The highest BCUT2D eigenvalue weighted by molar-refractivity contribution is 5.91. The first-order valence-electron chi connectivity index (χ1n) is 5.72. The molecule has 1 aromatic heterocycles. The number of hydrogen-bond acceptors (Lipinski definition) is 2. The van der Waals surface area contributed by atoms with E-state index in [0.717, 1.165) is 6.07 Å². The number of benzene rings is 1. The van der Waals surface area contributed by atoms with Crippen molar-refractivity contribution in [2.45, 2.75) is 26.4 Å². The zero-order valence-electron chi connectivity index (χ0n) is 10.4. The van der Waals surface area contributed by atoms with Crippen LogP contribution in [0.25, 0.3) is 10.9 Å². The number of halogens is 3. The lowest BCUT2D eigenvalue weighted by molar-refractivity contribution is -0.136. The van der Waals surface area contributed by atoms with Crippen LogP contribution in [0.1, 0.15) is 24.5 Å².